The smallest absolute Gasteiger partial charge is 0.407 e. The largest absolute Gasteiger partial charge is 0.508 e. The fourth-order valence-corrected chi connectivity index (χ4v) is 14.5. The number of benzene rings is 3. The van der Waals surface area contributed by atoms with Gasteiger partial charge in [0, 0.05) is 68.1 Å². The second kappa shape index (κ2) is 37.9. The molecule has 2 aliphatic rings. The third-order valence-corrected chi connectivity index (χ3v) is 19.6. The Kier molecular flexibility index (Phi) is 30.4. The summed E-state index contributed by atoms with van der Waals surface area (Å²) >= 11 is 0. The summed E-state index contributed by atoms with van der Waals surface area (Å²) in [6, 6.07) is 17.4. The number of hydrogen-bond acceptors (Lipinski definition) is 18. The van der Waals surface area contributed by atoms with Gasteiger partial charge in [0.1, 0.15) is 46.6 Å². The van der Waals surface area contributed by atoms with Gasteiger partial charge < -0.3 is 62.8 Å². The van der Waals surface area contributed by atoms with E-state index in [2.05, 4.69) is 52.8 Å². The van der Waals surface area contributed by atoms with Gasteiger partial charge in [-0.25, -0.2) is 14.6 Å². The maximum absolute atomic E-state index is 15.2. The van der Waals surface area contributed by atoms with Gasteiger partial charge in [-0.05, 0) is 136 Å². The van der Waals surface area contributed by atoms with Gasteiger partial charge in [-0.3, -0.25) is 38.4 Å². The van der Waals surface area contributed by atoms with Gasteiger partial charge in [0.25, 0.3) is 0 Å². The number of aliphatic hydroxyl groups is 1. The number of nitrogens with zero attached hydrogens (tertiary/aromatic N) is 1. The number of unbranched alkanes of at least 4 members (excludes halogenated alkanes) is 1. The number of aromatic nitrogens is 1. The molecule has 0 spiro atoms. The molecule has 0 unspecified atom stereocenters. The van der Waals surface area contributed by atoms with Crippen molar-refractivity contribution in [1.29, 1.82) is 0 Å². The highest BCUT2D eigenvalue weighted by atomic mass is 33.1. The van der Waals surface area contributed by atoms with Crippen molar-refractivity contribution < 1.29 is 62.9 Å². The number of ketones is 2. The van der Waals surface area contributed by atoms with E-state index in [4.69, 9.17) is 4.74 Å². The third-order valence-electron chi connectivity index (χ3n) is 14.9. The number of allylic oxidation sites excluding steroid dienone is 1. The number of urea groups is 1. The summed E-state index contributed by atoms with van der Waals surface area (Å²) in [6.45, 7) is 10.3. The van der Waals surface area contributed by atoms with Gasteiger partial charge in [0.05, 0.1) is 18.2 Å². The van der Waals surface area contributed by atoms with Crippen LogP contribution in [0.3, 0.4) is 0 Å². The second-order valence-electron chi connectivity index (χ2n) is 23.6. The minimum Gasteiger partial charge on any atom is -0.508 e. The van der Waals surface area contributed by atoms with Crippen LogP contribution in [0.1, 0.15) is 109 Å². The molecule has 3 aromatic carbocycles. The van der Waals surface area contributed by atoms with Crippen LogP contribution in [-0.4, -0.2) is 159 Å². The summed E-state index contributed by atoms with van der Waals surface area (Å²) < 4.78 is 5.38. The lowest BCUT2D eigenvalue weighted by atomic mass is 9.90. The Morgan fingerprint density at radius 3 is 2.15 bits per heavy atom. The Bertz CT molecular complexity index is 3210. The van der Waals surface area contributed by atoms with E-state index in [0.29, 0.717) is 34.6 Å². The zero-order valence-electron chi connectivity index (χ0n) is 53.2. The van der Waals surface area contributed by atoms with E-state index in [9.17, 15) is 43.8 Å². The molecule has 1 aliphatic carbocycles. The van der Waals surface area contributed by atoms with E-state index in [1.165, 1.54) is 40.6 Å². The average molecular weight is 1360 g/mol. The quantitative estimate of drug-likeness (QED) is 0.0265. The Labute approximate surface area is 558 Å². The number of ether oxygens (including phenoxy) is 1. The van der Waals surface area contributed by atoms with Crippen LogP contribution in [0.4, 0.5) is 9.59 Å². The van der Waals surface area contributed by atoms with Gasteiger partial charge in [-0.1, -0.05) is 118 Å². The van der Waals surface area contributed by atoms with Gasteiger partial charge in [0.2, 0.25) is 35.4 Å². The number of carbonyl (C=O) groups is 10. The SMILES string of the molecule is CCCC(=O)[C@H](CSSc1ccccn1)NC(=O)[C@@H]1CSSC[C@H](NC(=O)[C@@H](Cc2ccccc2)NC(=O)NCC)C(=O)C[C@@H](Cc2ccc(O)cc2)C(=O)N[C@H](CC2=CCc3ccccc32)C(=O)N[C@@H](CCCCNC(=O)OC(C)(C)C)C(=O)N[C@@H]([C@@H](C)O)C(=O)N1. The van der Waals surface area contributed by atoms with Crippen molar-refractivity contribution in [3.8, 4) is 5.75 Å². The first-order valence-corrected chi connectivity index (χ1v) is 35.9. The Hall–Kier alpha value is -7.59. The normalized spacial score (nSPS) is 20.3. The van der Waals surface area contributed by atoms with Crippen molar-refractivity contribution in [3.63, 3.8) is 0 Å². The number of alkyl carbamates (subject to hydrolysis) is 1. The molecule has 4 aromatic rings. The molecule has 1 saturated heterocycles. The van der Waals surface area contributed by atoms with Crippen LogP contribution in [0.2, 0.25) is 0 Å². The number of Topliss-reactive ketones (excluding diaryl/α,β-unsaturated/α-hetero) is 2. The van der Waals surface area contributed by atoms with Gasteiger partial charge in [0.15, 0.2) is 11.6 Å². The van der Waals surface area contributed by atoms with Crippen LogP contribution in [-0.2, 0) is 62.4 Å². The minimum absolute atomic E-state index is 0.0154. The van der Waals surface area contributed by atoms with Gasteiger partial charge in [-0.15, -0.1) is 0 Å². The molecule has 1 fully saturated rings. The number of amides is 9. The van der Waals surface area contributed by atoms with Crippen molar-refractivity contribution in [3.05, 3.63) is 132 Å². The second-order valence-corrected chi connectivity index (χ2v) is 28.5. The molecule has 11 N–H and O–H groups in total. The summed E-state index contributed by atoms with van der Waals surface area (Å²) in [4.78, 5) is 148. The lowest BCUT2D eigenvalue weighted by Crippen LogP contribution is -2.61. The zero-order valence-corrected chi connectivity index (χ0v) is 56.4. The molecule has 6 rings (SSSR count). The van der Waals surface area contributed by atoms with Crippen LogP contribution in [0.25, 0.3) is 5.57 Å². The molecular formula is C66H86N10O13S4. The molecule has 1 aromatic heterocycles. The maximum atomic E-state index is 15.2. The Balaban J connectivity index is 1.42. The average Bonchev–Trinajstić information content (AvgIpc) is 1.80. The molecule has 2 heterocycles. The lowest BCUT2D eigenvalue weighted by Gasteiger charge is -2.29. The number of aliphatic hydroxyl groups excluding tert-OH is 1. The van der Waals surface area contributed by atoms with E-state index in [-0.39, 0.29) is 86.8 Å². The topological polar surface area (TPSA) is 342 Å². The molecule has 1 aliphatic heterocycles. The summed E-state index contributed by atoms with van der Waals surface area (Å²) in [5, 5.41) is 47.0. The predicted molar refractivity (Wildman–Crippen MR) is 363 cm³/mol. The molecule has 9 amide bonds. The number of carbonyl (C=O) groups excluding carboxylic acids is 10. The molecule has 27 heteroatoms. The van der Waals surface area contributed by atoms with Crippen molar-refractivity contribution in [1.82, 2.24) is 52.8 Å². The summed E-state index contributed by atoms with van der Waals surface area (Å²) in [6.07, 6.45) is 2.08. The van der Waals surface area contributed by atoms with Gasteiger partial charge >= 0.3 is 12.1 Å². The number of rotatable bonds is 25. The first-order valence-electron chi connectivity index (χ1n) is 31.1. The summed E-state index contributed by atoms with van der Waals surface area (Å²) in [5.41, 5.74) is 2.95. The van der Waals surface area contributed by atoms with Crippen molar-refractivity contribution in [2.24, 2.45) is 5.92 Å². The molecule has 9 atom stereocenters. The van der Waals surface area contributed by atoms with E-state index in [1.54, 1.807) is 88.5 Å². The summed E-state index contributed by atoms with van der Waals surface area (Å²) in [5.74, 6) is -7.60. The molecule has 0 saturated carbocycles. The lowest BCUT2D eigenvalue weighted by molar-refractivity contribution is -0.137. The Morgan fingerprint density at radius 1 is 0.753 bits per heavy atom. The summed E-state index contributed by atoms with van der Waals surface area (Å²) in [7, 11) is 4.64. The number of nitrogens with one attached hydrogen (secondary N) is 9. The number of phenolic OH excluding ortho intramolecular Hbond substituents is 1. The molecular weight excluding hydrogens is 1270 g/mol. The highest BCUT2D eigenvalue weighted by molar-refractivity contribution is 8.77. The van der Waals surface area contributed by atoms with E-state index >= 15 is 14.4 Å². The highest BCUT2D eigenvalue weighted by Gasteiger charge is 2.38. The number of phenols is 1. The first kappa shape index (κ1) is 74.4. The van der Waals surface area contributed by atoms with E-state index < -0.39 is 120 Å². The number of hydrogen-bond donors (Lipinski definition) is 11. The molecule has 0 radical (unpaired) electrons. The van der Waals surface area contributed by atoms with Gasteiger partial charge in [-0.2, -0.15) is 0 Å². The Morgan fingerprint density at radius 2 is 1.45 bits per heavy atom. The fourth-order valence-electron chi connectivity index (χ4n) is 10.1. The maximum Gasteiger partial charge on any atom is 0.407 e. The van der Waals surface area contributed by atoms with Crippen molar-refractivity contribution >= 4 is 108 Å². The number of fused-ring (bicyclic) bond motifs is 1. The van der Waals surface area contributed by atoms with Crippen LogP contribution >= 0.6 is 43.2 Å². The standard InChI is InChI=1S/C66H86N10O13S4/c1-7-18-54(79)51(38-92-93-56-24-15-17-31-68-56)72-62(85)53-39-91-90-37-52(73-60(83)49(75-64(87)67-8-2)34-41-19-10-9-11-20-41)55(80)36-45(33-42-25-29-46(78)30-26-42)58(81)71-50(35-44-28-27-43-21-12-13-22-47(43)44)61(84)70-48(59(82)76-57(40(3)77)63(86)74-53)23-14-16-32-69-65(88)89-66(4,5)6/h9-13,15,17,19-22,24-26,28-31,40,45,48-53,57,77-78H,7-8,14,16,18,23,27,32-39H2,1-6H3,(H,69,88)(H,70,84)(H,71,81)(H,72,85)(H,73,83)(H,74,86)(H,76,82)(H2,67,75,87)/t40-,45-,48+,49-,50-,51+,52+,53+,57+/m1/s1. The molecule has 502 valence electrons. The monoisotopic (exact) mass is 1350 g/mol. The van der Waals surface area contributed by atoms with Crippen LogP contribution in [0.15, 0.2) is 114 Å². The molecule has 93 heavy (non-hydrogen) atoms. The van der Waals surface area contributed by atoms with E-state index in [1.807, 2.05) is 43.3 Å². The van der Waals surface area contributed by atoms with Crippen LogP contribution in [0, 0.1) is 5.92 Å². The first-order chi connectivity index (χ1) is 44.5. The predicted octanol–water partition coefficient (Wildman–Crippen LogP) is 6.05. The van der Waals surface area contributed by atoms with Crippen molar-refractivity contribution in [2.45, 2.75) is 165 Å². The van der Waals surface area contributed by atoms with Crippen LogP contribution < -0.4 is 47.9 Å². The van der Waals surface area contributed by atoms with Crippen LogP contribution in [0.5, 0.6) is 5.75 Å². The minimum atomic E-state index is -1.75. The third kappa shape index (κ3) is 25.3. The molecule has 23 nitrogen and oxygen atoms in total. The fraction of sp³-hybridized carbons (Fsp3) is 0.470. The van der Waals surface area contributed by atoms with E-state index in [0.717, 1.165) is 32.7 Å². The number of aromatic hydroxyl groups is 1. The number of pyridine rings is 1. The van der Waals surface area contributed by atoms with Crippen molar-refractivity contribution in [2.75, 3.05) is 30.3 Å². The highest BCUT2D eigenvalue weighted by Crippen LogP contribution is 2.33. The zero-order chi connectivity index (χ0) is 67.5. The molecule has 0 bridgehead atoms.